The summed E-state index contributed by atoms with van der Waals surface area (Å²) in [5.74, 6) is 1.49. The summed E-state index contributed by atoms with van der Waals surface area (Å²) in [6, 6.07) is 11.7. The van der Waals surface area contributed by atoms with Crippen molar-refractivity contribution < 1.29 is 14.3 Å². The minimum absolute atomic E-state index is 0.0186. The molecule has 0 aliphatic carbocycles. The highest BCUT2D eigenvalue weighted by Crippen LogP contribution is 2.25. The summed E-state index contributed by atoms with van der Waals surface area (Å²) in [6.07, 6.45) is 4.32. The van der Waals surface area contributed by atoms with Crippen LogP contribution in [0.4, 0.5) is 0 Å². The van der Waals surface area contributed by atoms with Crippen molar-refractivity contribution in [1.29, 1.82) is 0 Å². The van der Waals surface area contributed by atoms with Gasteiger partial charge in [-0.15, -0.1) is 11.3 Å². The number of methoxy groups -OCH3 is 1. The van der Waals surface area contributed by atoms with E-state index in [9.17, 15) is 9.59 Å². The predicted molar refractivity (Wildman–Crippen MR) is 104 cm³/mol. The molecular formula is C21H25NO3S. The minimum Gasteiger partial charge on any atom is -0.497 e. The van der Waals surface area contributed by atoms with E-state index in [4.69, 9.17) is 4.74 Å². The Kier molecular flexibility index (Phi) is 6.09. The van der Waals surface area contributed by atoms with Crippen LogP contribution in [0, 0.1) is 5.92 Å². The highest BCUT2D eigenvalue weighted by molar-refractivity contribution is 7.15. The van der Waals surface area contributed by atoms with Crippen LogP contribution in [0.2, 0.25) is 0 Å². The van der Waals surface area contributed by atoms with Gasteiger partial charge in [0.25, 0.3) is 5.91 Å². The molecule has 1 aliphatic heterocycles. The normalized spacial score (nSPS) is 17.2. The number of carbonyl (C=O) groups excluding carboxylic acids is 2. The fraction of sp³-hybridized carbons (Fsp3) is 0.429. The topological polar surface area (TPSA) is 46.6 Å². The third-order valence-electron chi connectivity index (χ3n) is 4.97. The van der Waals surface area contributed by atoms with E-state index < -0.39 is 0 Å². The molecule has 1 aromatic carbocycles. The average molecular weight is 372 g/mol. The first-order valence-electron chi connectivity index (χ1n) is 9.10. The summed E-state index contributed by atoms with van der Waals surface area (Å²) < 4.78 is 5.20. The number of carbonyl (C=O) groups is 2. The van der Waals surface area contributed by atoms with Crippen LogP contribution >= 0.6 is 11.3 Å². The number of ketones is 1. The van der Waals surface area contributed by atoms with Crippen molar-refractivity contribution in [2.45, 2.75) is 32.6 Å². The highest BCUT2D eigenvalue weighted by atomic mass is 32.1. The van der Waals surface area contributed by atoms with E-state index in [0.717, 1.165) is 38.1 Å². The van der Waals surface area contributed by atoms with Gasteiger partial charge in [0.1, 0.15) is 5.75 Å². The fourth-order valence-electron chi connectivity index (χ4n) is 3.45. The number of nitrogens with zero attached hydrogens (tertiary/aromatic N) is 1. The second-order valence-corrected chi connectivity index (χ2v) is 7.95. The number of benzene rings is 1. The summed E-state index contributed by atoms with van der Waals surface area (Å²) >= 11 is 1.31. The molecule has 138 valence electrons. The van der Waals surface area contributed by atoms with Crippen LogP contribution in [0.3, 0.4) is 0 Å². The van der Waals surface area contributed by atoms with Crippen LogP contribution in [0.25, 0.3) is 0 Å². The summed E-state index contributed by atoms with van der Waals surface area (Å²) in [5.41, 5.74) is 1.30. The maximum absolute atomic E-state index is 12.7. The molecule has 3 rings (SSSR count). The maximum atomic E-state index is 12.7. The van der Waals surface area contributed by atoms with Crippen molar-refractivity contribution in [3.8, 4) is 5.75 Å². The van der Waals surface area contributed by atoms with E-state index in [-0.39, 0.29) is 11.7 Å². The van der Waals surface area contributed by atoms with E-state index in [2.05, 4.69) is 12.1 Å². The first-order chi connectivity index (χ1) is 12.6. The van der Waals surface area contributed by atoms with Gasteiger partial charge in [-0.2, -0.15) is 0 Å². The molecule has 1 aromatic heterocycles. The van der Waals surface area contributed by atoms with Crippen molar-refractivity contribution in [1.82, 2.24) is 4.90 Å². The number of rotatable bonds is 6. The molecule has 0 unspecified atom stereocenters. The second-order valence-electron chi connectivity index (χ2n) is 6.87. The van der Waals surface area contributed by atoms with Crippen molar-refractivity contribution in [2.24, 2.45) is 5.92 Å². The smallest absolute Gasteiger partial charge is 0.263 e. The van der Waals surface area contributed by atoms with Gasteiger partial charge in [0.05, 0.1) is 16.9 Å². The number of hydrogen-bond acceptors (Lipinski definition) is 4. The molecule has 0 saturated carbocycles. The number of Topliss-reactive ketones (excluding diaryl/α,β-unsaturated/α-hetero) is 1. The van der Waals surface area contributed by atoms with Gasteiger partial charge in [0.15, 0.2) is 5.78 Å². The Morgan fingerprint density at radius 3 is 2.54 bits per heavy atom. The summed E-state index contributed by atoms with van der Waals surface area (Å²) in [6.45, 7) is 3.16. The first kappa shape index (κ1) is 18.6. The zero-order valence-corrected chi connectivity index (χ0v) is 16.2. The quantitative estimate of drug-likeness (QED) is 0.705. The lowest BCUT2D eigenvalue weighted by molar-refractivity contribution is 0.0673. The number of amides is 1. The molecule has 0 N–H and O–H groups in total. The van der Waals surface area contributed by atoms with Gasteiger partial charge in [-0.25, -0.2) is 0 Å². The number of thiophene rings is 1. The molecule has 0 spiro atoms. The third-order valence-corrected chi connectivity index (χ3v) is 6.14. The van der Waals surface area contributed by atoms with Crippen LogP contribution in [-0.4, -0.2) is 36.8 Å². The molecule has 1 saturated heterocycles. The van der Waals surface area contributed by atoms with Gasteiger partial charge in [-0.3, -0.25) is 9.59 Å². The number of likely N-dealkylation sites (tertiary alicyclic amines) is 1. The van der Waals surface area contributed by atoms with Gasteiger partial charge in [-0.1, -0.05) is 12.1 Å². The van der Waals surface area contributed by atoms with E-state index >= 15 is 0 Å². The zero-order valence-electron chi connectivity index (χ0n) is 15.4. The van der Waals surface area contributed by atoms with E-state index in [1.54, 1.807) is 19.2 Å². The molecular weight excluding hydrogens is 346 g/mol. The van der Waals surface area contributed by atoms with Gasteiger partial charge in [0.2, 0.25) is 0 Å². The van der Waals surface area contributed by atoms with Crippen LogP contribution in [0.1, 0.15) is 51.1 Å². The molecule has 1 atom stereocenters. The van der Waals surface area contributed by atoms with E-state index in [0.29, 0.717) is 15.7 Å². The largest absolute Gasteiger partial charge is 0.497 e. The van der Waals surface area contributed by atoms with E-state index in [1.807, 2.05) is 17.0 Å². The lowest BCUT2D eigenvalue weighted by Crippen LogP contribution is -2.39. The SMILES string of the molecule is COc1ccc(CC[C@@H]2CCCN(C(=O)c3ccc(C(C)=O)s3)C2)cc1. The zero-order chi connectivity index (χ0) is 18.5. The lowest BCUT2D eigenvalue weighted by Gasteiger charge is -2.32. The van der Waals surface area contributed by atoms with Crippen molar-refractivity contribution >= 4 is 23.0 Å². The second kappa shape index (κ2) is 8.49. The van der Waals surface area contributed by atoms with Gasteiger partial charge >= 0.3 is 0 Å². The summed E-state index contributed by atoms with van der Waals surface area (Å²) in [4.78, 5) is 27.5. The Bertz CT molecular complexity index is 766. The van der Waals surface area contributed by atoms with Crippen LogP contribution in [0.15, 0.2) is 36.4 Å². The van der Waals surface area contributed by atoms with Crippen LogP contribution < -0.4 is 4.74 Å². The summed E-state index contributed by atoms with van der Waals surface area (Å²) in [5, 5.41) is 0. The van der Waals surface area contributed by atoms with E-state index in [1.165, 1.54) is 30.2 Å². The van der Waals surface area contributed by atoms with Crippen molar-refractivity contribution in [2.75, 3.05) is 20.2 Å². The Morgan fingerprint density at radius 2 is 1.88 bits per heavy atom. The number of hydrogen-bond donors (Lipinski definition) is 0. The molecule has 2 heterocycles. The molecule has 0 bridgehead atoms. The third kappa shape index (κ3) is 4.52. The molecule has 4 nitrogen and oxygen atoms in total. The fourth-order valence-corrected chi connectivity index (χ4v) is 4.32. The standard InChI is InChI=1S/C21H25NO3S/c1-15(23)19-11-12-20(26-19)21(24)22-13-3-4-17(14-22)6-5-16-7-9-18(25-2)10-8-16/h7-12,17H,3-6,13-14H2,1-2H3/t17-/m0/s1. The van der Waals surface area contributed by atoms with Gasteiger partial charge in [-0.05, 0) is 68.4 Å². The Hall–Kier alpha value is -2.14. The van der Waals surface area contributed by atoms with Crippen molar-refractivity contribution in [3.63, 3.8) is 0 Å². The minimum atomic E-state index is 0.0186. The lowest BCUT2D eigenvalue weighted by atomic mass is 9.91. The number of piperidine rings is 1. The predicted octanol–water partition coefficient (Wildman–Crippen LogP) is 4.44. The highest BCUT2D eigenvalue weighted by Gasteiger charge is 2.25. The Labute approximate surface area is 158 Å². The molecule has 5 heteroatoms. The number of ether oxygens (including phenoxy) is 1. The summed E-state index contributed by atoms with van der Waals surface area (Å²) in [7, 11) is 1.68. The van der Waals surface area contributed by atoms with Crippen molar-refractivity contribution in [3.05, 3.63) is 51.7 Å². The maximum Gasteiger partial charge on any atom is 0.263 e. The van der Waals surface area contributed by atoms with Crippen LogP contribution in [0.5, 0.6) is 5.75 Å². The molecule has 26 heavy (non-hydrogen) atoms. The Morgan fingerprint density at radius 1 is 1.15 bits per heavy atom. The van der Waals surface area contributed by atoms with Crippen LogP contribution in [-0.2, 0) is 6.42 Å². The molecule has 1 amide bonds. The monoisotopic (exact) mass is 371 g/mol. The van der Waals surface area contributed by atoms with Gasteiger partial charge < -0.3 is 9.64 Å². The molecule has 2 aromatic rings. The number of aryl methyl sites for hydroxylation is 1. The first-order valence-corrected chi connectivity index (χ1v) is 9.91. The Balaban J connectivity index is 1.55. The van der Waals surface area contributed by atoms with Gasteiger partial charge in [0, 0.05) is 13.1 Å². The average Bonchev–Trinajstić information content (AvgIpc) is 3.17. The molecule has 1 aliphatic rings. The molecule has 0 radical (unpaired) electrons. The molecule has 1 fully saturated rings.